The second-order valence-electron chi connectivity index (χ2n) is 5.04. The lowest BCUT2D eigenvalue weighted by molar-refractivity contribution is 0.0660. The summed E-state index contributed by atoms with van der Waals surface area (Å²) in [5.74, 6) is 0.618. The van der Waals surface area contributed by atoms with Crippen molar-refractivity contribution in [3.05, 3.63) is 0 Å². The second kappa shape index (κ2) is 8.75. The lowest BCUT2D eigenvalue weighted by Gasteiger charge is -2.33. The van der Waals surface area contributed by atoms with Gasteiger partial charge in [0.05, 0.1) is 0 Å². The molecule has 0 aliphatic heterocycles. The number of halogens is 1. The van der Waals surface area contributed by atoms with Crippen LogP contribution in [0.15, 0.2) is 0 Å². The molecule has 5 heteroatoms. The minimum absolute atomic E-state index is 0.201. The summed E-state index contributed by atoms with van der Waals surface area (Å²) in [7, 11) is 1.67. The maximum Gasteiger partial charge on any atom is 0.407 e. The predicted octanol–water partition coefficient (Wildman–Crippen LogP) is 3.35. The number of carbonyl (C=O) groups is 1. The topological polar surface area (TPSA) is 49.8 Å². The van der Waals surface area contributed by atoms with Crippen LogP contribution in [0.25, 0.3) is 0 Å². The van der Waals surface area contributed by atoms with E-state index in [1.165, 1.54) is 4.90 Å². The van der Waals surface area contributed by atoms with Gasteiger partial charge >= 0.3 is 6.09 Å². The molecular formula is C13H24BrNO3. The number of hydrogen-bond acceptors (Lipinski definition) is 2. The first-order valence-corrected chi connectivity index (χ1v) is 7.86. The van der Waals surface area contributed by atoms with E-state index < -0.39 is 6.09 Å². The third kappa shape index (κ3) is 5.57. The summed E-state index contributed by atoms with van der Waals surface area (Å²) in [5, 5.41) is 9.97. The average Bonchev–Trinajstić information content (AvgIpc) is 2.38. The van der Waals surface area contributed by atoms with Gasteiger partial charge < -0.3 is 14.7 Å². The number of ether oxygens (including phenoxy) is 1. The summed E-state index contributed by atoms with van der Waals surface area (Å²) >= 11 is 3.40. The van der Waals surface area contributed by atoms with Crippen molar-refractivity contribution in [1.82, 2.24) is 4.90 Å². The molecule has 0 spiro atoms. The van der Waals surface area contributed by atoms with Crippen molar-refractivity contribution in [2.45, 2.75) is 44.6 Å². The van der Waals surface area contributed by atoms with Crippen LogP contribution in [0.5, 0.6) is 0 Å². The van der Waals surface area contributed by atoms with E-state index in [0.717, 1.165) is 57.1 Å². The third-order valence-corrected chi connectivity index (χ3v) is 4.25. The zero-order valence-corrected chi connectivity index (χ0v) is 12.7. The van der Waals surface area contributed by atoms with Crippen LogP contribution in [-0.4, -0.2) is 47.7 Å². The van der Waals surface area contributed by atoms with E-state index in [1.807, 2.05) is 0 Å². The number of amides is 1. The summed E-state index contributed by atoms with van der Waals surface area (Å²) in [4.78, 5) is 12.3. The number of rotatable bonds is 7. The van der Waals surface area contributed by atoms with Gasteiger partial charge in [-0.1, -0.05) is 15.9 Å². The van der Waals surface area contributed by atoms with Crippen LogP contribution in [0.2, 0.25) is 0 Å². The molecular weight excluding hydrogens is 298 g/mol. The Morgan fingerprint density at radius 2 is 2.00 bits per heavy atom. The molecule has 106 valence electrons. The molecule has 1 amide bonds. The Morgan fingerprint density at radius 1 is 1.33 bits per heavy atom. The molecule has 0 aromatic rings. The minimum atomic E-state index is -0.815. The zero-order chi connectivity index (χ0) is 13.4. The van der Waals surface area contributed by atoms with E-state index in [-0.39, 0.29) is 6.04 Å². The van der Waals surface area contributed by atoms with Gasteiger partial charge in [0.25, 0.3) is 0 Å². The van der Waals surface area contributed by atoms with Crippen LogP contribution in [0.1, 0.15) is 38.5 Å². The van der Waals surface area contributed by atoms with E-state index in [2.05, 4.69) is 15.9 Å². The third-order valence-electron chi connectivity index (χ3n) is 3.69. The highest BCUT2D eigenvalue weighted by molar-refractivity contribution is 9.09. The van der Waals surface area contributed by atoms with Crippen LogP contribution in [0, 0.1) is 5.92 Å². The zero-order valence-electron chi connectivity index (χ0n) is 11.1. The van der Waals surface area contributed by atoms with E-state index in [9.17, 15) is 4.79 Å². The quantitative estimate of drug-likeness (QED) is 0.578. The van der Waals surface area contributed by atoms with Crippen molar-refractivity contribution in [2.24, 2.45) is 5.92 Å². The second-order valence-corrected chi connectivity index (χ2v) is 5.83. The Hall–Kier alpha value is -0.290. The van der Waals surface area contributed by atoms with Crippen molar-refractivity contribution in [1.29, 1.82) is 0 Å². The van der Waals surface area contributed by atoms with E-state index in [4.69, 9.17) is 9.84 Å². The van der Waals surface area contributed by atoms with E-state index in [1.54, 1.807) is 7.05 Å². The number of alkyl halides is 1. The monoisotopic (exact) mass is 321 g/mol. The van der Waals surface area contributed by atoms with E-state index in [0.29, 0.717) is 5.92 Å². The molecule has 1 N–H and O–H groups in total. The molecule has 1 saturated carbocycles. The molecule has 0 aromatic heterocycles. The number of nitrogens with zero attached hydrogens (tertiary/aromatic N) is 1. The molecule has 0 unspecified atom stereocenters. The summed E-state index contributed by atoms with van der Waals surface area (Å²) in [5.41, 5.74) is 0. The Balaban J connectivity index is 2.10. The number of unbranched alkanes of at least 4 members (excludes halogenated alkanes) is 1. The molecule has 0 aromatic carbocycles. The van der Waals surface area contributed by atoms with Gasteiger partial charge in [-0.3, -0.25) is 0 Å². The summed E-state index contributed by atoms with van der Waals surface area (Å²) in [6.07, 6.45) is 5.57. The molecule has 0 atom stereocenters. The number of hydrogen-bond donors (Lipinski definition) is 1. The lowest BCUT2D eigenvalue weighted by Crippen LogP contribution is -2.39. The van der Waals surface area contributed by atoms with E-state index >= 15 is 0 Å². The van der Waals surface area contributed by atoms with Crippen LogP contribution >= 0.6 is 15.9 Å². The highest BCUT2D eigenvalue weighted by Gasteiger charge is 2.26. The highest BCUT2D eigenvalue weighted by Crippen LogP contribution is 2.27. The fraction of sp³-hybridized carbons (Fsp3) is 0.923. The van der Waals surface area contributed by atoms with Gasteiger partial charge in [0.1, 0.15) is 0 Å². The lowest BCUT2D eigenvalue weighted by atomic mass is 9.86. The fourth-order valence-corrected chi connectivity index (χ4v) is 2.80. The largest absolute Gasteiger partial charge is 0.465 e. The van der Waals surface area contributed by atoms with Crippen molar-refractivity contribution < 1.29 is 14.6 Å². The fourth-order valence-electron chi connectivity index (χ4n) is 2.40. The average molecular weight is 322 g/mol. The molecule has 0 saturated heterocycles. The van der Waals surface area contributed by atoms with Crippen molar-refractivity contribution in [3.8, 4) is 0 Å². The maximum atomic E-state index is 10.8. The van der Waals surface area contributed by atoms with Crippen LogP contribution in [0.3, 0.4) is 0 Å². The molecule has 1 rings (SSSR count). The predicted molar refractivity (Wildman–Crippen MR) is 75.4 cm³/mol. The highest BCUT2D eigenvalue weighted by atomic mass is 79.9. The van der Waals surface area contributed by atoms with Gasteiger partial charge in [-0.2, -0.15) is 0 Å². The van der Waals surface area contributed by atoms with Crippen molar-refractivity contribution in [2.75, 3.05) is 25.6 Å². The van der Waals surface area contributed by atoms with Crippen LogP contribution < -0.4 is 0 Å². The Bertz CT molecular complexity index is 242. The maximum absolute atomic E-state index is 10.8. The van der Waals surface area contributed by atoms with Crippen LogP contribution in [0.4, 0.5) is 4.79 Å². The smallest absolute Gasteiger partial charge is 0.407 e. The van der Waals surface area contributed by atoms with Crippen molar-refractivity contribution in [3.63, 3.8) is 0 Å². The van der Waals surface area contributed by atoms with Gasteiger partial charge in [0.2, 0.25) is 0 Å². The van der Waals surface area contributed by atoms with Gasteiger partial charge in [-0.15, -0.1) is 0 Å². The Kier molecular flexibility index (Phi) is 7.66. The summed E-state index contributed by atoms with van der Waals surface area (Å²) < 4.78 is 5.67. The molecule has 0 heterocycles. The summed E-state index contributed by atoms with van der Waals surface area (Å²) in [6.45, 7) is 1.69. The van der Waals surface area contributed by atoms with Gasteiger partial charge in [-0.25, -0.2) is 4.79 Å². The first-order valence-electron chi connectivity index (χ1n) is 6.74. The summed E-state index contributed by atoms with van der Waals surface area (Å²) in [6, 6.07) is 0.201. The number of carboxylic acid groups (broad SMARTS) is 1. The molecule has 18 heavy (non-hydrogen) atoms. The Labute approximate surface area is 118 Å². The SMILES string of the molecule is CN(C(=O)O)C1CCC(COCCCCBr)CC1. The minimum Gasteiger partial charge on any atom is -0.465 e. The standard InChI is InChI=1S/C13H24BrNO3/c1-15(13(16)17)12-6-4-11(5-7-12)10-18-9-3-2-8-14/h11-12H,2-10H2,1H3,(H,16,17). The normalized spacial score (nSPS) is 23.9. The van der Waals surface area contributed by atoms with Crippen molar-refractivity contribution >= 4 is 22.0 Å². The van der Waals surface area contributed by atoms with Gasteiger partial charge in [-0.05, 0) is 44.4 Å². The van der Waals surface area contributed by atoms with Crippen LogP contribution in [-0.2, 0) is 4.74 Å². The Morgan fingerprint density at radius 3 is 2.56 bits per heavy atom. The molecule has 1 aliphatic rings. The molecule has 1 fully saturated rings. The first-order chi connectivity index (χ1) is 8.65. The first kappa shape index (κ1) is 15.8. The van der Waals surface area contributed by atoms with Gasteiger partial charge in [0, 0.05) is 31.6 Å². The van der Waals surface area contributed by atoms with Gasteiger partial charge in [0.15, 0.2) is 0 Å². The molecule has 1 aliphatic carbocycles. The molecule has 0 bridgehead atoms. The molecule has 4 nitrogen and oxygen atoms in total. The molecule has 0 radical (unpaired) electrons.